The van der Waals surface area contributed by atoms with E-state index in [-0.39, 0.29) is 12.5 Å². The summed E-state index contributed by atoms with van der Waals surface area (Å²) in [5.74, 6) is -0.724. The first-order valence-corrected chi connectivity index (χ1v) is 7.05. The summed E-state index contributed by atoms with van der Waals surface area (Å²) >= 11 is 0. The van der Waals surface area contributed by atoms with Gasteiger partial charge in [0.05, 0.1) is 17.5 Å². The van der Waals surface area contributed by atoms with Crippen molar-refractivity contribution in [3.63, 3.8) is 0 Å². The third-order valence-electron chi connectivity index (χ3n) is 3.20. The first-order chi connectivity index (χ1) is 10.5. The predicted molar refractivity (Wildman–Crippen MR) is 80.5 cm³/mol. The highest BCUT2D eigenvalue weighted by Crippen LogP contribution is 2.20. The molecule has 1 N–H and O–H groups in total. The fraction of sp³-hybridized carbons (Fsp3) is 0.312. The molecule has 22 heavy (non-hydrogen) atoms. The zero-order valence-electron chi connectivity index (χ0n) is 12.6. The van der Waals surface area contributed by atoms with Gasteiger partial charge < -0.3 is 14.4 Å². The molecular formula is C16H18N2O4. The number of carboxylic acid groups (broad SMARTS) is 1. The fourth-order valence-electron chi connectivity index (χ4n) is 2.20. The van der Waals surface area contributed by atoms with E-state index in [1.54, 1.807) is 37.5 Å². The normalized spacial score (nSPS) is 10.5. The van der Waals surface area contributed by atoms with Gasteiger partial charge in [0.2, 0.25) is 0 Å². The lowest BCUT2D eigenvalue weighted by Gasteiger charge is -2.20. The highest BCUT2D eigenvalue weighted by molar-refractivity contribution is 5.97. The number of amides is 1. The Bertz CT molecular complexity index is 665. The Hall–Kier alpha value is -2.63. The van der Waals surface area contributed by atoms with E-state index in [1.165, 1.54) is 4.90 Å². The van der Waals surface area contributed by atoms with Crippen molar-refractivity contribution < 1.29 is 19.1 Å². The molecule has 2 aromatic heterocycles. The SMILES string of the molecule is CCCN(CC(=O)O)C(=O)c1ccc(-c2ccco2)nc1C. The Morgan fingerprint density at radius 1 is 1.32 bits per heavy atom. The van der Waals surface area contributed by atoms with Crippen LogP contribution in [0.25, 0.3) is 11.5 Å². The van der Waals surface area contributed by atoms with Crippen LogP contribution in [-0.2, 0) is 4.79 Å². The van der Waals surface area contributed by atoms with Crippen LogP contribution in [-0.4, -0.2) is 40.0 Å². The smallest absolute Gasteiger partial charge is 0.323 e. The third-order valence-corrected chi connectivity index (χ3v) is 3.20. The Kier molecular flexibility index (Phi) is 4.93. The lowest BCUT2D eigenvalue weighted by atomic mass is 10.1. The Balaban J connectivity index is 2.27. The van der Waals surface area contributed by atoms with E-state index in [0.717, 1.165) is 0 Å². The average Bonchev–Trinajstić information content (AvgIpc) is 3.00. The monoisotopic (exact) mass is 302 g/mol. The van der Waals surface area contributed by atoms with Crippen LogP contribution in [0.2, 0.25) is 0 Å². The second kappa shape index (κ2) is 6.89. The molecule has 2 heterocycles. The van der Waals surface area contributed by atoms with Crippen molar-refractivity contribution in [1.82, 2.24) is 9.88 Å². The minimum atomic E-state index is -1.03. The summed E-state index contributed by atoms with van der Waals surface area (Å²) in [6.45, 7) is 3.70. The summed E-state index contributed by atoms with van der Waals surface area (Å²) < 4.78 is 5.28. The van der Waals surface area contributed by atoms with Crippen LogP contribution in [0.3, 0.4) is 0 Å². The van der Waals surface area contributed by atoms with Crippen molar-refractivity contribution in [3.8, 4) is 11.5 Å². The number of carbonyl (C=O) groups excluding carboxylic acids is 1. The summed E-state index contributed by atoms with van der Waals surface area (Å²) in [5, 5.41) is 8.92. The van der Waals surface area contributed by atoms with Crippen LogP contribution >= 0.6 is 0 Å². The molecule has 0 aromatic carbocycles. The number of pyridine rings is 1. The van der Waals surface area contributed by atoms with Crippen LogP contribution in [0.4, 0.5) is 0 Å². The van der Waals surface area contributed by atoms with Gasteiger partial charge in [0.25, 0.3) is 5.91 Å². The zero-order valence-corrected chi connectivity index (χ0v) is 12.6. The number of aliphatic carboxylic acids is 1. The van der Waals surface area contributed by atoms with Crippen molar-refractivity contribution >= 4 is 11.9 Å². The molecule has 0 bridgehead atoms. The number of aromatic nitrogens is 1. The average molecular weight is 302 g/mol. The molecule has 0 radical (unpaired) electrons. The highest BCUT2D eigenvalue weighted by Gasteiger charge is 2.20. The van der Waals surface area contributed by atoms with E-state index in [0.29, 0.717) is 35.7 Å². The number of rotatable bonds is 6. The second-order valence-corrected chi connectivity index (χ2v) is 4.93. The van der Waals surface area contributed by atoms with Gasteiger partial charge in [-0.1, -0.05) is 6.92 Å². The number of hydrogen-bond acceptors (Lipinski definition) is 4. The maximum Gasteiger partial charge on any atom is 0.323 e. The largest absolute Gasteiger partial charge is 0.480 e. The molecule has 0 spiro atoms. The number of aryl methyl sites for hydroxylation is 1. The molecule has 2 rings (SSSR count). The number of carbonyl (C=O) groups is 2. The molecule has 0 unspecified atom stereocenters. The van der Waals surface area contributed by atoms with E-state index in [1.807, 2.05) is 6.92 Å². The Morgan fingerprint density at radius 2 is 2.09 bits per heavy atom. The van der Waals surface area contributed by atoms with Gasteiger partial charge in [-0.15, -0.1) is 0 Å². The van der Waals surface area contributed by atoms with Gasteiger partial charge in [0.15, 0.2) is 5.76 Å². The molecule has 0 aliphatic rings. The summed E-state index contributed by atoms with van der Waals surface area (Å²) in [6, 6.07) is 6.91. The van der Waals surface area contributed by atoms with Crippen molar-refractivity contribution in [1.29, 1.82) is 0 Å². The molecule has 0 saturated carbocycles. The Labute approximate surface area is 128 Å². The molecule has 2 aromatic rings. The van der Waals surface area contributed by atoms with Crippen LogP contribution < -0.4 is 0 Å². The molecule has 0 atom stereocenters. The molecule has 6 heteroatoms. The number of furan rings is 1. The van der Waals surface area contributed by atoms with Crippen molar-refractivity contribution in [2.24, 2.45) is 0 Å². The number of hydrogen-bond donors (Lipinski definition) is 1. The van der Waals surface area contributed by atoms with Gasteiger partial charge in [0, 0.05) is 6.54 Å². The first kappa shape index (κ1) is 15.8. The molecule has 0 aliphatic carbocycles. The van der Waals surface area contributed by atoms with E-state index in [9.17, 15) is 9.59 Å². The van der Waals surface area contributed by atoms with Crippen molar-refractivity contribution in [2.45, 2.75) is 20.3 Å². The van der Waals surface area contributed by atoms with Gasteiger partial charge in [-0.2, -0.15) is 0 Å². The van der Waals surface area contributed by atoms with Crippen LogP contribution in [0, 0.1) is 6.92 Å². The lowest BCUT2D eigenvalue weighted by Crippen LogP contribution is -2.36. The van der Waals surface area contributed by atoms with Gasteiger partial charge in [-0.25, -0.2) is 4.98 Å². The van der Waals surface area contributed by atoms with Gasteiger partial charge in [0.1, 0.15) is 12.2 Å². The first-order valence-electron chi connectivity index (χ1n) is 7.05. The maximum atomic E-state index is 12.5. The minimum absolute atomic E-state index is 0.313. The predicted octanol–water partition coefficient (Wildman–Crippen LogP) is 2.59. The standard InChI is InChI=1S/C16H18N2O4/c1-3-8-18(10-15(19)20)16(21)12-6-7-13(17-11(12)2)14-5-4-9-22-14/h4-7,9H,3,8,10H2,1-2H3,(H,19,20). The third kappa shape index (κ3) is 3.52. The second-order valence-electron chi connectivity index (χ2n) is 4.93. The molecule has 1 amide bonds. The Morgan fingerprint density at radius 3 is 2.64 bits per heavy atom. The summed E-state index contributed by atoms with van der Waals surface area (Å²) in [5.41, 5.74) is 1.59. The van der Waals surface area contributed by atoms with Gasteiger partial charge in [-0.05, 0) is 37.6 Å². The van der Waals surface area contributed by atoms with Crippen LogP contribution in [0.1, 0.15) is 29.4 Å². The minimum Gasteiger partial charge on any atom is -0.480 e. The number of nitrogens with zero attached hydrogens (tertiary/aromatic N) is 2. The van der Waals surface area contributed by atoms with E-state index >= 15 is 0 Å². The summed E-state index contributed by atoms with van der Waals surface area (Å²) in [6.07, 6.45) is 2.25. The van der Waals surface area contributed by atoms with Crippen LogP contribution in [0.5, 0.6) is 0 Å². The fourth-order valence-corrected chi connectivity index (χ4v) is 2.20. The highest BCUT2D eigenvalue weighted by atomic mass is 16.4. The summed E-state index contributed by atoms with van der Waals surface area (Å²) in [4.78, 5) is 29.1. The molecular weight excluding hydrogens is 284 g/mol. The lowest BCUT2D eigenvalue weighted by molar-refractivity contribution is -0.137. The quantitative estimate of drug-likeness (QED) is 0.886. The van der Waals surface area contributed by atoms with Crippen LogP contribution in [0.15, 0.2) is 34.9 Å². The zero-order chi connectivity index (χ0) is 16.1. The number of carboxylic acids is 1. The van der Waals surface area contributed by atoms with Gasteiger partial charge in [-0.3, -0.25) is 9.59 Å². The molecule has 0 fully saturated rings. The molecule has 116 valence electrons. The molecule has 0 saturated heterocycles. The van der Waals surface area contributed by atoms with E-state index in [4.69, 9.17) is 9.52 Å². The van der Waals surface area contributed by atoms with E-state index in [2.05, 4.69) is 4.98 Å². The maximum absolute atomic E-state index is 12.5. The molecule has 0 aliphatic heterocycles. The van der Waals surface area contributed by atoms with Crippen molar-refractivity contribution in [2.75, 3.05) is 13.1 Å². The molecule has 6 nitrogen and oxygen atoms in total. The van der Waals surface area contributed by atoms with Crippen molar-refractivity contribution in [3.05, 3.63) is 41.8 Å². The summed E-state index contributed by atoms with van der Waals surface area (Å²) in [7, 11) is 0. The topological polar surface area (TPSA) is 83.6 Å². The van der Waals surface area contributed by atoms with E-state index < -0.39 is 5.97 Å². The van der Waals surface area contributed by atoms with Gasteiger partial charge >= 0.3 is 5.97 Å².